The minimum Gasteiger partial charge on any atom is -0.480 e. The lowest BCUT2D eigenvalue weighted by Gasteiger charge is -2.28. The zero-order chi connectivity index (χ0) is 13.1. The van der Waals surface area contributed by atoms with E-state index in [1.54, 1.807) is 6.92 Å². The van der Waals surface area contributed by atoms with Crippen molar-refractivity contribution >= 4 is 5.97 Å². The highest BCUT2D eigenvalue weighted by Gasteiger charge is 2.34. The van der Waals surface area contributed by atoms with Crippen LogP contribution in [0.2, 0.25) is 0 Å². The van der Waals surface area contributed by atoms with Gasteiger partial charge >= 0.3 is 5.97 Å². The fourth-order valence-corrected chi connectivity index (χ4v) is 1.99. The third-order valence-corrected chi connectivity index (χ3v) is 2.94. The number of likely N-dealkylation sites (N-methyl/N-ethyl adjacent to an activating group) is 1. The number of rotatable bonds is 6. The molecule has 96 valence electrons. The first-order valence-electron chi connectivity index (χ1n) is 5.89. The van der Waals surface area contributed by atoms with Crippen molar-refractivity contribution in [3.63, 3.8) is 0 Å². The second kappa shape index (κ2) is 5.31. The molecule has 17 heavy (non-hydrogen) atoms. The average molecular weight is 239 g/mol. The van der Waals surface area contributed by atoms with Gasteiger partial charge in [0.15, 0.2) is 0 Å². The van der Waals surface area contributed by atoms with Crippen molar-refractivity contribution in [3.05, 3.63) is 18.0 Å². The number of carbonyl (C=O) groups is 1. The molecule has 0 saturated carbocycles. The van der Waals surface area contributed by atoms with Crippen molar-refractivity contribution in [1.82, 2.24) is 15.1 Å². The topological polar surface area (TPSA) is 67.2 Å². The van der Waals surface area contributed by atoms with E-state index < -0.39 is 11.5 Å². The van der Waals surface area contributed by atoms with Gasteiger partial charge in [-0.3, -0.25) is 9.48 Å². The van der Waals surface area contributed by atoms with Gasteiger partial charge in [-0.2, -0.15) is 5.10 Å². The summed E-state index contributed by atoms with van der Waals surface area (Å²) in [5.41, 5.74) is 0.0333. The average Bonchev–Trinajstić information content (AvgIpc) is 2.65. The molecule has 2 unspecified atom stereocenters. The summed E-state index contributed by atoms with van der Waals surface area (Å²) in [6, 6.07) is 1.96. The van der Waals surface area contributed by atoms with Crippen LogP contribution >= 0.6 is 0 Å². The zero-order valence-corrected chi connectivity index (χ0v) is 10.9. The molecule has 1 aromatic rings. The van der Waals surface area contributed by atoms with Gasteiger partial charge in [0.25, 0.3) is 0 Å². The van der Waals surface area contributed by atoms with Crippen molar-refractivity contribution < 1.29 is 9.90 Å². The van der Waals surface area contributed by atoms with Crippen LogP contribution in [0.3, 0.4) is 0 Å². The van der Waals surface area contributed by atoms with Crippen molar-refractivity contribution in [2.45, 2.75) is 45.7 Å². The highest BCUT2D eigenvalue weighted by molar-refractivity contribution is 5.78. The van der Waals surface area contributed by atoms with Crippen LogP contribution in [0.5, 0.6) is 0 Å². The van der Waals surface area contributed by atoms with E-state index in [-0.39, 0.29) is 6.04 Å². The number of aliphatic carboxylic acids is 1. The Morgan fingerprint density at radius 3 is 2.76 bits per heavy atom. The molecular weight excluding hydrogens is 218 g/mol. The fourth-order valence-electron chi connectivity index (χ4n) is 1.99. The van der Waals surface area contributed by atoms with Gasteiger partial charge < -0.3 is 10.4 Å². The molecule has 5 heteroatoms. The summed E-state index contributed by atoms with van der Waals surface area (Å²) in [6.45, 7) is 8.15. The second-order valence-electron chi connectivity index (χ2n) is 4.66. The Hall–Kier alpha value is -1.36. The van der Waals surface area contributed by atoms with Crippen molar-refractivity contribution in [2.75, 3.05) is 6.54 Å². The highest BCUT2D eigenvalue weighted by Crippen LogP contribution is 2.20. The van der Waals surface area contributed by atoms with Crippen LogP contribution < -0.4 is 5.32 Å². The number of nitrogens with one attached hydrogen (secondary N) is 1. The molecule has 1 heterocycles. The predicted octanol–water partition coefficient (Wildman–Crippen LogP) is 1.60. The van der Waals surface area contributed by atoms with Gasteiger partial charge in [0.1, 0.15) is 5.54 Å². The Labute approximate surface area is 102 Å². The molecule has 0 radical (unpaired) electrons. The molecule has 0 aliphatic heterocycles. The van der Waals surface area contributed by atoms with Gasteiger partial charge in [-0.05, 0) is 39.8 Å². The van der Waals surface area contributed by atoms with Crippen molar-refractivity contribution in [1.29, 1.82) is 0 Å². The maximum atomic E-state index is 11.3. The van der Waals surface area contributed by atoms with E-state index in [1.807, 2.05) is 37.7 Å². The SMILES string of the molecule is CCNC(C)(CC(C)n1ccc(C)n1)C(=O)O. The summed E-state index contributed by atoms with van der Waals surface area (Å²) in [6.07, 6.45) is 2.38. The van der Waals surface area contributed by atoms with Crippen LogP contribution in [0.25, 0.3) is 0 Å². The third kappa shape index (κ3) is 3.30. The second-order valence-corrected chi connectivity index (χ2v) is 4.66. The smallest absolute Gasteiger partial charge is 0.323 e. The van der Waals surface area contributed by atoms with Crippen LogP contribution in [-0.2, 0) is 4.79 Å². The Kier molecular flexibility index (Phi) is 4.28. The van der Waals surface area contributed by atoms with E-state index in [4.69, 9.17) is 0 Å². The summed E-state index contributed by atoms with van der Waals surface area (Å²) in [5, 5.41) is 16.6. The van der Waals surface area contributed by atoms with E-state index in [1.165, 1.54) is 0 Å². The lowest BCUT2D eigenvalue weighted by Crippen LogP contribution is -2.50. The van der Waals surface area contributed by atoms with Gasteiger partial charge in [0.2, 0.25) is 0 Å². The summed E-state index contributed by atoms with van der Waals surface area (Å²) in [5.74, 6) is -0.824. The van der Waals surface area contributed by atoms with Crippen LogP contribution in [0.1, 0.15) is 38.9 Å². The Bertz CT molecular complexity index is 389. The van der Waals surface area contributed by atoms with Crippen LogP contribution in [0, 0.1) is 6.92 Å². The first kappa shape index (κ1) is 13.7. The van der Waals surface area contributed by atoms with Crippen LogP contribution in [0.4, 0.5) is 0 Å². The summed E-state index contributed by atoms with van der Waals surface area (Å²) in [4.78, 5) is 11.3. The predicted molar refractivity (Wildman–Crippen MR) is 66.0 cm³/mol. The zero-order valence-electron chi connectivity index (χ0n) is 10.9. The molecule has 0 amide bonds. The molecule has 0 spiro atoms. The lowest BCUT2D eigenvalue weighted by molar-refractivity contribution is -0.144. The van der Waals surface area contributed by atoms with Crippen LogP contribution in [0.15, 0.2) is 12.3 Å². The van der Waals surface area contributed by atoms with Crippen molar-refractivity contribution in [3.8, 4) is 0 Å². The van der Waals surface area contributed by atoms with E-state index >= 15 is 0 Å². The lowest BCUT2D eigenvalue weighted by atomic mass is 9.93. The Morgan fingerprint density at radius 1 is 1.71 bits per heavy atom. The minimum atomic E-state index is -0.909. The molecule has 2 N–H and O–H groups in total. The molecule has 0 saturated heterocycles. The quantitative estimate of drug-likeness (QED) is 0.791. The standard InChI is InChI=1S/C12H21N3O2/c1-5-13-12(4,11(16)17)8-10(3)15-7-6-9(2)14-15/h6-7,10,13H,5,8H2,1-4H3,(H,16,17). The van der Waals surface area contributed by atoms with Crippen molar-refractivity contribution in [2.24, 2.45) is 0 Å². The number of hydrogen-bond donors (Lipinski definition) is 2. The fraction of sp³-hybridized carbons (Fsp3) is 0.667. The normalized spacial score (nSPS) is 16.5. The number of carboxylic acids is 1. The molecular formula is C12H21N3O2. The molecule has 0 bridgehead atoms. The molecule has 0 aromatic carbocycles. The number of carboxylic acid groups (broad SMARTS) is 1. The maximum absolute atomic E-state index is 11.3. The summed E-state index contributed by atoms with van der Waals surface area (Å²) < 4.78 is 1.81. The third-order valence-electron chi connectivity index (χ3n) is 2.94. The van der Waals surface area contributed by atoms with Gasteiger partial charge in [-0.15, -0.1) is 0 Å². The molecule has 5 nitrogen and oxygen atoms in total. The van der Waals surface area contributed by atoms with E-state index in [0.29, 0.717) is 13.0 Å². The van der Waals surface area contributed by atoms with Gasteiger partial charge in [-0.25, -0.2) is 0 Å². The molecule has 1 rings (SSSR count). The van der Waals surface area contributed by atoms with E-state index in [9.17, 15) is 9.90 Å². The summed E-state index contributed by atoms with van der Waals surface area (Å²) in [7, 11) is 0. The Balaban J connectivity index is 2.77. The molecule has 0 aliphatic carbocycles. The molecule has 1 aromatic heterocycles. The first-order chi connectivity index (χ1) is 7.89. The summed E-state index contributed by atoms with van der Waals surface area (Å²) >= 11 is 0. The Morgan fingerprint density at radius 2 is 2.35 bits per heavy atom. The number of aryl methyl sites for hydroxylation is 1. The van der Waals surface area contributed by atoms with Gasteiger partial charge in [-0.1, -0.05) is 6.92 Å². The van der Waals surface area contributed by atoms with Gasteiger partial charge in [0, 0.05) is 6.20 Å². The maximum Gasteiger partial charge on any atom is 0.323 e. The van der Waals surface area contributed by atoms with Crippen LogP contribution in [-0.4, -0.2) is 32.9 Å². The van der Waals surface area contributed by atoms with E-state index in [0.717, 1.165) is 5.69 Å². The minimum absolute atomic E-state index is 0.0452. The number of hydrogen-bond acceptors (Lipinski definition) is 3. The highest BCUT2D eigenvalue weighted by atomic mass is 16.4. The largest absolute Gasteiger partial charge is 0.480 e. The van der Waals surface area contributed by atoms with Gasteiger partial charge in [0.05, 0.1) is 11.7 Å². The monoisotopic (exact) mass is 239 g/mol. The number of aromatic nitrogens is 2. The molecule has 0 fully saturated rings. The molecule has 2 atom stereocenters. The van der Waals surface area contributed by atoms with E-state index in [2.05, 4.69) is 10.4 Å². The number of nitrogens with zero attached hydrogens (tertiary/aromatic N) is 2. The first-order valence-corrected chi connectivity index (χ1v) is 5.89. The molecule has 0 aliphatic rings.